The molecule has 0 unspecified atom stereocenters. The molecule has 3 rings (SSSR count). The van der Waals surface area contributed by atoms with Crippen molar-refractivity contribution in [3.05, 3.63) is 29.3 Å². The second kappa shape index (κ2) is 5.04. The second-order valence-corrected chi connectivity index (χ2v) is 5.54. The number of hydrogen-bond acceptors (Lipinski definition) is 4. The van der Waals surface area contributed by atoms with Gasteiger partial charge in [-0.05, 0) is 25.1 Å². The number of aromatic nitrogens is 1. The van der Waals surface area contributed by atoms with Crippen molar-refractivity contribution in [2.75, 3.05) is 19.6 Å². The molecule has 1 amide bonds. The van der Waals surface area contributed by atoms with Crippen molar-refractivity contribution >= 4 is 27.5 Å². The van der Waals surface area contributed by atoms with E-state index in [2.05, 4.69) is 16.4 Å². The summed E-state index contributed by atoms with van der Waals surface area (Å²) in [6.07, 6.45) is 1.01. The van der Waals surface area contributed by atoms with Gasteiger partial charge in [-0.1, -0.05) is 12.1 Å². The number of hydrogen-bond donors (Lipinski definition) is 1. The smallest absolute Gasteiger partial charge is 0.236 e. The van der Waals surface area contributed by atoms with Crippen LogP contribution in [0.15, 0.2) is 24.3 Å². The summed E-state index contributed by atoms with van der Waals surface area (Å²) in [5, 5.41) is 4.15. The third kappa shape index (κ3) is 2.37. The van der Waals surface area contributed by atoms with Gasteiger partial charge in [0.1, 0.15) is 5.01 Å². The van der Waals surface area contributed by atoms with Gasteiger partial charge in [0.15, 0.2) is 0 Å². The lowest BCUT2D eigenvalue weighted by atomic mass is 10.3. The predicted molar refractivity (Wildman–Crippen MR) is 72.5 cm³/mol. The van der Waals surface area contributed by atoms with Gasteiger partial charge in [-0.2, -0.15) is 0 Å². The number of amides is 1. The van der Waals surface area contributed by atoms with E-state index in [4.69, 9.17) is 0 Å². The Kier molecular flexibility index (Phi) is 3.25. The van der Waals surface area contributed by atoms with Crippen molar-refractivity contribution in [1.29, 1.82) is 0 Å². The van der Waals surface area contributed by atoms with Gasteiger partial charge in [-0.15, -0.1) is 11.3 Å². The van der Waals surface area contributed by atoms with Crippen molar-refractivity contribution in [2.45, 2.75) is 13.0 Å². The zero-order valence-corrected chi connectivity index (χ0v) is 10.9. The second-order valence-electron chi connectivity index (χ2n) is 4.42. The molecule has 1 aliphatic rings. The summed E-state index contributed by atoms with van der Waals surface area (Å²) in [4.78, 5) is 18.4. The summed E-state index contributed by atoms with van der Waals surface area (Å²) in [7, 11) is 0. The SMILES string of the molecule is O=C1CNCCCN1Cc1nc2ccccc2s1. The van der Waals surface area contributed by atoms with Crippen LogP contribution in [0.25, 0.3) is 10.2 Å². The fourth-order valence-electron chi connectivity index (χ4n) is 2.14. The number of fused-ring (bicyclic) bond motifs is 1. The van der Waals surface area contributed by atoms with Crippen LogP contribution in [0.4, 0.5) is 0 Å². The first-order valence-corrected chi connectivity index (χ1v) is 6.97. The number of carbonyl (C=O) groups excluding carboxylic acids is 1. The zero-order chi connectivity index (χ0) is 12.4. The van der Waals surface area contributed by atoms with Crippen molar-refractivity contribution in [2.24, 2.45) is 0 Å². The first-order valence-electron chi connectivity index (χ1n) is 6.16. The molecule has 1 aliphatic heterocycles. The molecular weight excluding hydrogens is 246 g/mol. The molecule has 2 aromatic rings. The average Bonchev–Trinajstić information content (AvgIpc) is 2.68. The standard InChI is InChI=1S/C13H15N3OS/c17-13-8-14-6-3-7-16(13)9-12-15-10-4-1-2-5-11(10)18-12/h1-2,4-5,14H,3,6-9H2. The molecule has 0 radical (unpaired) electrons. The van der Waals surface area contributed by atoms with Crippen LogP contribution in [0.1, 0.15) is 11.4 Å². The number of nitrogens with one attached hydrogen (secondary N) is 1. The first-order chi connectivity index (χ1) is 8.83. The molecule has 2 heterocycles. The Bertz CT molecular complexity index is 533. The van der Waals surface area contributed by atoms with E-state index in [1.165, 1.54) is 4.70 Å². The quantitative estimate of drug-likeness (QED) is 0.893. The van der Waals surface area contributed by atoms with Gasteiger partial charge < -0.3 is 10.2 Å². The molecule has 1 N–H and O–H groups in total. The van der Waals surface area contributed by atoms with Gasteiger partial charge >= 0.3 is 0 Å². The summed E-state index contributed by atoms with van der Waals surface area (Å²) < 4.78 is 1.19. The highest BCUT2D eigenvalue weighted by molar-refractivity contribution is 7.18. The molecule has 1 saturated heterocycles. The molecule has 0 saturated carbocycles. The molecular formula is C13H15N3OS. The number of benzene rings is 1. The number of thiazole rings is 1. The molecule has 0 spiro atoms. The highest BCUT2D eigenvalue weighted by Gasteiger charge is 2.17. The fourth-order valence-corrected chi connectivity index (χ4v) is 3.13. The third-order valence-electron chi connectivity index (χ3n) is 3.07. The normalized spacial score (nSPS) is 17.1. The zero-order valence-electron chi connectivity index (χ0n) is 10.1. The number of carbonyl (C=O) groups is 1. The summed E-state index contributed by atoms with van der Waals surface area (Å²) in [5.41, 5.74) is 1.03. The maximum atomic E-state index is 11.9. The van der Waals surface area contributed by atoms with Crippen LogP contribution in [-0.4, -0.2) is 35.4 Å². The highest BCUT2D eigenvalue weighted by atomic mass is 32.1. The summed E-state index contributed by atoms with van der Waals surface area (Å²) in [5.74, 6) is 0.173. The van der Waals surface area contributed by atoms with Crippen molar-refractivity contribution in [1.82, 2.24) is 15.2 Å². The molecule has 0 aliphatic carbocycles. The van der Waals surface area contributed by atoms with Gasteiger partial charge in [0.05, 0.1) is 23.3 Å². The van der Waals surface area contributed by atoms with Crippen LogP contribution in [0.2, 0.25) is 0 Å². The lowest BCUT2D eigenvalue weighted by Gasteiger charge is -2.18. The molecule has 4 nitrogen and oxygen atoms in total. The van der Waals surface area contributed by atoms with Crippen molar-refractivity contribution < 1.29 is 4.79 Å². The largest absolute Gasteiger partial charge is 0.335 e. The summed E-state index contributed by atoms with van der Waals surface area (Å²) >= 11 is 1.67. The van der Waals surface area contributed by atoms with E-state index in [0.717, 1.165) is 30.0 Å². The van der Waals surface area contributed by atoms with Crippen LogP contribution >= 0.6 is 11.3 Å². The van der Waals surface area contributed by atoms with Crippen LogP contribution in [0.3, 0.4) is 0 Å². The van der Waals surface area contributed by atoms with E-state index in [1.807, 2.05) is 23.1 Å². The Morgan fingerprint density at radius 2 is 2.28 bits per heavy atom. The average molecular weight is 261 g/mol. The van der Waals surface area contributed by atoms with E-state index >= 15 is 0 Å². The van der Waals surface area contributed by atoms with E-state index in [1.54, 1.807) is 11.3 Å². The Hall–Kier alpha value is -1.46. The van der Waals surface area contributed by atoms with E-state index in [9.17, 15) is 4.79 Å². The lowest BCUT2D eigenvalue weighted by molar-refractivity contribution is -0.130. The predicted octanol–water partition coefficient (Wildman–Crippen LogP) is 1.62. The molecule has 94 valence electrons. The Morgan fingerprint density at radius 3 is 3.17 bits per heavy atom. The molecule has 5 heteroatoms. The van der Waals surface area contributed by atoms with Gasteiger partial charge in [0.2, 0.25) is 5.91 Å². The summed E-state index contributed by atoms with van der Waals surface area (Å²) in [6, 6.07) is 8.10. The van der Waals surface area contributed by atoms with Crippen LogP contribution in [-0.2, 0) is 11.3 Å². The van der Waals surface area contributed by atoms with Crippen LogP contribution in [0.5, 0.6) is 0 Å². The molecule has 1 aromatic carbocycles. The first kappa shape index (κ1) is 11.6. The summed E-state index contributed by atoms with van der Waals surface area (Å²) in [6.45, 7) is 2.83. The van der Waals surface area contributed by atoms with Gasteiger partial charge in [-0.25, -0.2) is 4.98 Å². The molecule has 1 aromatic heterocycles. The maximum absolute atomic E-state index is 11.9. The van der Waals surface area contributed by atoms with Crippen LogP contribution in [0, 0.1) is 0 Å². The third-order valence-corrected chi connectivity index (χ3v) is 4.10. The van der Waals surface area contributed by atoms with Crippen molar-refractivity contribution in [3.63, 3.8) is 0 Å². The fraction of sp³-hybridized carbons (Fsp3) is 0.385. The minimum absolute atomic E-state index is 0.173. The van der Waals surface area contributed by atoms with Gasteiger partial charge in [0.25, 0.3) is 0 Å². The van der Waals surface area contributed by atoms with E-state index in [-0.39, 0.29) is 5.91 Å². The monoisotopic (exact) mass is 261 g/mol. The number of nitrogens with zero attached hydrogens (tertiary/aromatic N) is 2. The maximum Gasteiger partial charge on any atom is 0.236 e. The molecule has 1 fully saturated rings. The topological polar surface area (TPSA) is 45.2 Å². The van der Waals surface area contributed by atoms with E-state index < -0.39 is 0 Å². The van der Waals surface area contributed by atoms with E-state index in [0.29, 0.717) is 13.1 Å². The molecule has 0 atom stereocenters. The Balaban J connectivity index is 1.80. The number of para-hydroxylation sites is 1. The Morgan fingerprint density at radius 1 is 1.39 bits per heavy atom. The minimum atomic E-state index is 0.173. The van der Waals surface area contributed by atoms with Crippen LogP contribution < -0.4 is 5.32 Å². The Labute approximate surface area is 110 Å². The number of rotatable bonds is 2. The molecule has 0 bridgehead atoms. The highest BCUT2D eigenvalue weighted by Crippen LogP contribution is 2.22. The van der Waals surface area contributed by atoms with Gasteiger partial charge in [-0.3, -0.25) is 4.79 Å². The lowest BCUT2D eigenvalue weighted by Crippen LogP contribution is -2.34. The molecule has 18 heavy (non-hydrogen) atoms. The van der Waals surface area contributed by atoms with Gasteiger partial charge in [0, 0.05) is 6.54 Å². The van der Waals surface area contributed by atoms with Crippen molar-refractivity contribution in [3.8, 4) is 0 Å². The minimum Gasteiger partial charge on any atom is -0.335 e.